The largest absolute Gasteiger partial charge is 0.269 e. The molecule has 1 aromatic carbocycles. The molecule has 3 rings (SSSR count). The average Bonchev–Trinajstić information content (AvgIpc) is 2.84. The fourth-order valence-electron chi connectivity index (χ4n) is 2.15. The molecular formula is C12H11NO2S3. The SMILES string of the molecule is CN1c2ccccc2C(S)c2sccc2S1(=O)=O. The summed E-state index contributed by atoms with van der Waals surface area (Å²) in [7, 11) is -1.88. The van der Waals surface area contributed by atoms with E-state index in [1.807, 2.05) is 24.3 Å². The highest BCUT2D eigenvalue weighted by atomic mass is 32.2. The van der Waals surface area contributed by atoms with Gasteiger partial charge in [-0.3, -0.25) is 4.31 Å². The van der Waals surface area contributed by atoms with Gasteiger partial charge in [0, 0.05) is 11.9 Å². The summed E-state index contributed by atoms with van der Waals surface area (Å²) in [5.41, 5.74) is 1.62. The minimum atomic E-state index is -3.47. The summed E-state index contributed by atoms with van der Waals surface area (Å²) in [5, 5.41) is 1.60. The van der Waals surface area contributed by atoms with E-state index in [1.165, 1.54) is 15.6 Å². The van der Waals surface area contributed by atoms with E-state index in [1.54, 1.807) is 18.5 Å². The standard InChI is InChI=1S/C12H11NO2S3/c1-13-9-5-3-2-4-8(9)11(16)12-10(6-7-17-12)18(13,14)15/h2-7,11,16H,1H3. The van der Waals surface area contributed by atoms with Gasteiger partial charge in [-0.05, 0) is 23.1 Å². The number of benzene rings is 1. The lowest BCUT2D eigenvalue weighted by molar-refractivity contribution is 0.594. The van der Waals surface area contributed by atoms with Crippen LogP contribution in [0.3, 0.4) is 0 Å². The molecule has 0 spiro atoms. The van der Waals surface area contributed by atoms with Gasteiger partial charge in [-0.2, -0.15) is 12.6 Å². The Morgan fingerprint density at radius 2 is 2.00 bits per heavy atom. The number of sulfonamides is 1. The maximum absolute atomic E-state index is 12.5. The molecule has 2 aromatic rings. The van der Waals surface area contributed by atoms with Crippen molar-refractivity contribution >= 4 is 39.7 Å². The molecule has 0 saturated carbocycles. The molecule has 0 amide bonds. The second kappa shape index (κ2) is 4.01. The molecule has 0 aliphatic carbocycles. The van der Waals surface area contributed by atoms with Gasteiger partial charge in [0.1, 0.15) is 4.90 Å². The number of hydrogen-bond donors (Lipinski definition) is 1. The third-order valence-electron chi connectivity index (χ3n) is 3.11. The number of thiophene rings is 1. The van der Waals surface area contributed by atoms with Crippen LogP contribution in [0.25, 0.3) is 0 Å². The zero-order valence-electron chi connectivity index (χ0n) is 9.57. The quantitative estimate of drug-likeness (QED) is 0.759. The van der Waals surface area contributed by atoms with Crippen molar-refractivity contribution in [2.45, 2.75) is 10.1 Å². The Labute approximate surface area is 116 Å². The van der Waals surface area contributed by atoms with E-state index in [9.17, 15) is 8.42 Å². The first-order valence-corrected chi connectivity index (χ1v) is 8.20. The van der Waals surface area contributed by atoms with Gasteiger partial charge in [-0.1, -0.05) is 18.2 Å². The smallest absolute Gasteiger partial charge is 0.265 e. The highest BCUT2D eigenvalue weighted by Crippen LogP contribution is 2.44. The Bertz CT molecular complexity index is 706. The third kappa shape index (κ3) is 1.52. The van der Waals surface area contributed by atoms with Gasteiger partial charge in [0.25, 0.3) is 10.0 Å². The molecule has 94 valence electrons. The molecule has 0 saturated heterocycles. The van der Waals surface area contributed by atoms with Crippen LogP contribution >= 0.6 is 24.0 Å². The number of fused-ring (bicyclic) bond motifs is 2. The minimum absolute atomic E-state index is 0.198. The van der Waals surface area contributed by atoms with Gasteiger partial charge in [0.05, 0.1) is 10.9 Å². The molecule has 6 heteroatoms. The first-order valence-electron chi connectivity index (χ1n) is 5.37. The Morgan fingerprint density at radius 3 is 2.78 bits per heavy atom. The van der Waals surface area contributed by atoms with Gasteiger partial charge in [0.15, 0.2) is 0 Å². The highest BCUT2D eigenvalue weighted by molar-refractivity contribution is 7.93. The van der Waals surface area contributed by atoms with Crippen LogP contribution in [-0.2, 0) is 10.0 Å². The van der Waals surface area contributed by atoms with E-state index in [-0.39, 0.29) is 5.25 Å². The normalized spacial score (nSPS) is 21.0. The van der Waals surface area contributed by atoms with E-state index in [4.69, 9.17) is 0 Å². The van der Waals surface area contributed by atoms with Gasteiger partial charge >= 0.3 is 0 Å². The molecule has 1 aliphatic heterocycles. The molecule has 1 aromatic heterocycles. The molecule has 2 heterocycles. The fourth-order valence-corrected chi connectivity index (χ4v) is 5.44. The van der Waals surface area contributed by atoms with Crippen LogP contribution in [0.4, 0.5) is 5.69 Å². The maximum Gasteiger partial charge on any atom is 0.265 e. The number of nitrogens with zero attached hydrogens (tertiary/aromatic N) is 1. The zero-order chi connectivity index (χ0) is 12.9. The topological polar surface area (TPSA) is 37.4 Å². The van der Waals surface area contributed by atoms with E-state index in [2.05, 4.69) is 12.6 Å². The van der Waals surface area contributed by atoms with Crippen LogP contribution in [-0.4, -0.2) is 15.5 Å². The van der Waals surface area contributed by atoms with Crippen molar-refractivity contribution < 1.29 is 8.42 Å². The maximum atomic E-state index is 12.5. The lowest BCUT2D eigenvalue weighted by Crippen LogP contribution is -2.26. The Kier molecular flexibility index (Phi) is 2.69. The number of anilines is 1. The Hall–Kier alpha value is -0.980. The van der Waals surface area contributed by atoms with Crippen molar-refractivity contribution in [2.24, 2.45) is 0 Å². The lowest BCUT2D eigenvalue weighted by atomic mass is 10.1. The van der Waals surface area contributed by atoms with E-state index in [0.717, 1.165) is 10.4 Å². The van der Waals surface area contributed by atoms with Crippen LogP contribution in [0, 0.1) is 0 Å². The molecule has 1 aliphatic rings. The van der Waals surface area contributed by atoms with E-state index in [0.29, 0.717) is 10.6 Å². The molecule has 1 unspecified atom stereocenters. The van der Waals surface area contributed by atoms with Gasteiger partial charge < -0.3 is 0 Å². The minimum Gasteiger partial charge on any atom is -0.269 e. The zero-order valence-corrected chi connectivity index (χ0v) is 12.1. The second-order valence-corrected chi connectivity index (χ2v) is 7.48. The van der Waals surface area contributed by atoms with Crippen molar-refractivity contribution in [1.29, 1.82) is 0 Å². The van der Waals surface area contributed by atoms with Gasteiger partial charge in [-0.15, -0.1) is 11.3 Å². The van der Waals surface area contributed by atoms with Crippen molar-refractivity contribution in [3.63, 3.8) is 0 Å². The third-order valence-corrected chi connectivity index (χ3v) is 6.77. The molecule has 0 N–H and O–H groups in total. The summed E-state index contributed by atoms with van der Waals surface area (Å²) in [6.45, 7) is 0. The fraction of sp³-hybridized carbons (Fsp3) is 0.167. The molecule has 1 atom stereocenters. The van der Waals surface area contributed by atoms with Crippen molar-refractivity contribution in [1.82, 2.24) is 0 Å². The van der Waals surface area contributed by atoms with Crippen LogP contribution in [0.1, 0.15) is 15.7 Å². The first-order chi connectivity index (χ1) is 8.53. The van der Waals surface area contributed by atoms with Crippen LogP contribution in [0.5, 0.6) is 0 Å². The summed E-state index contributed by atoms with van der Waals surface area (Å²) in [5.74, 6) is 0. The lowest BCUT2D eigenvalue weighted by Gasteiger charge is -2.19. The number of rotatable bonds is 0. The van der Waals surface area contributed by atoms with Gasteiger partial charge in [-0.25, -0.2) is 8.42 Å². The van der Waals surface area contributed by atoms with Crippen LogP contribution < -0.4 is 4.31 Å². The summed E-state index contributed by atoms with van der Waals surface area (Å²) >= 11 is 6.02. The number of thiol groups is 1. The van der Waals surface area contributed by atoms with Crippen LogP contribution in [0.15, 0.2) is 40.6 Å². The van der Waals surface area contributed by atoms with Crippen molar-refractivity contribution in [3.05, 3.63) is 46.2 Å². The molecule has 0 radical (unpaired) electrons. The highest BCUT2D eigenvalue weighted by Gasteiger charge is 2.34. The Morgan fingerprint density at radius 1 is 1.28 bits per heavy atom. The number of hydrogen-bond acceptors (Lipinski definition) is 4. The van der Waals surface area contributed by atoms with E-state index >= 15 is 0 Å². The van der Waals surface area contributed by atoms with Crippen molar-refractivity contribution in [3.8, 4) is 0 Å². The molecule has 0 fully saturated rings. The predicted molar refractivity (Wildman–Crippen MR) is 77.2 cm³/mol. The Balaban J connectivity index is 2.40. The molecular weight excluding hydrogens is 286 g/mol. The molecule has 3 nitrogen and oxygen atoms in total. The summed E-state index contributed by atoms with van der Waals surface area (Å²) in [4.78, 5) is 1.15. The van der Waals surface area contributed by atoms with E-state index < -0.39 is 10.0 Å². The second-order valence-electron chi connectivity index (χ2n) is 4.08. The predicted octanol–water partition coefficient (Wildman–Crippen LogP) is 2.91. The van der Waals surface area contributed by atoms with Crippen molar-refractivity contribution in [2.75, 3.05) is 11.4 Å². The summed E-state index contributed by atoms with van der Waals surface area (Å²) in [6, 6.07) is 9.13. The first kappa shape index (κ1) is 12.1. The number of para-hydroxylation sites is 1. The molecule has 0 bridgehead atoms. The van der Waals surface area contributed by atoms with Gasteiger partial charge in [0.2, 0.25) is 0 Å². The monoisotopic (exact) mass is 297 g/mol. The summed E-state index contributed by atoms with van der Waals surface area (Å²) < 4.78 is 26.3. The summed E-state index contributed by atoms with van der Waals surface area (Å²) in [6.07, 6.45) is 0. The average molecular weight is 297 g/mol. The van der Waals surface area contributed by atoms with Crippen LogP contribution in [0.2, 0.25) is 0 Å². The molecule has 18 heavy (non-hydrogen) atoms.